The molecule has 11 aromatic rings. The standard InChI is InChI=1S/C51H33N5/c1-4-16-34(17-5-1)35-28-30-38(31-29-35)50-52-49(37-20-8-3-9-21-37)53-51(54-50)56-45-27-15-12-24-42(45)47-46(56)33-32-41-40-23-11-14-26-44(40)55(48(41)47)43-25-13-10-22-39(43)36-18-6-2-7-19-36/h1-33H/i1D,2D,3D,4D,5D,6D,7D,8D,9D,10D,16D,17D,18D,19D,20D,21D,22D,25D,28D,29D,30D,31D. The largest absolute Gasteiger partial charge is 0.308 e. The molecule has 0 amide bonds. The van der Waals surface area contributed by atoms with Crippen LogP contribution in [0.4, 0.5) is 0 Å². The predicted octanol–water partition coefficient (Wildman–Crippen LogP) is 12.7. The molecule has 0 unspecified atom stereocenters. The Hall–Kier alpha value is -7.63. The van der Waals surface area contributed by atoms with Crippen LogP contribution in [-0.2, 0) is 0 Å². The van der Waals surface area contributed by atoms with E-state index in [1.54, 1.807) is 65.2 Å². The topological polar surface area (TPSA) is 48.5 Å². The quantitative estimate of drug-likeness (QED) is 0.171. The molecule has 0 bridgehead atoms. The van der Waals surface area contributed by atoms with Crippen molar-refractivity contribution >= 4 is 43.6 Å². The molecular weight excluding hydrogens is 683 g/mol. The van der Waals surface area contributed by atoms with Gasteiger partial charge in [0.25, 0.3) is 0 Å². The van der Waals surface area contributed by atoms with Crippen LogP contribution in [0.5, 0.6) is 0 Å². The van der Waals surface area contributed by atoms with Crippen LogP contribution in [0.2, 0.25) is 0 Å². The summed E-state index contributed by atoms with van der Waals surface area (Å²) in [5, 5.41) is 2.05. The van der Waals surface area contributed by atoms with E-state index in [0.29, 0.717) is 38.1 Å². The lowest BCUT2D eigenvalue weighted by molar-refractivity contribution is 0.953. The van der Waals surface area contributed by atoms with Gasteiger partial charge in [0, 0.05) is 38.2 Å². The summed E-state index contributed by atoms with van der Waals surface area (Å²) in [6.45, 7) is 0. The molecule has 0 radical (unpaired) electrons. The van der Waals surface area contributed by atoms with Crippen molar-refractivity contribution in [1.29, 1.82) is 0 Å². The van der Waals surface area contributed by atoms with Gasteiger partial charge in [0.2, 0.25) is 5.95 Å². The molecule has 0 aliphatic carbocycles. The molecule has 262 valence electrons. The van der Waals surface area contributed by atoms with Crippen molar-refractivity contribution in [2.24, 2.45) is 0 Å². The van der Waals surface area contributed by atoms with Crippen LogP contribution >= 0.6 is 0 Å². The van der Waals surface area contributed by atoms with E-state index in [4.69, 9.17) is 31.9 Å². The summed E-state index contributed by atoms with van der Waals surface area (Å²) in [5.41, 5.74) is -1.77. The summed E-state index contributed by atoms with van der Waals surface area (Å²) in [4.78, 5) is 14.0. The predicted molar refractivity (Wildman–Crippen MR) is 230 cm³/mol. The zero-order valence-corrected chi connectivity index (χ0v) is 28.6. The minimum Gasteiger partial charge on any atom is -0.308 e. The first kappa shape index (κ1) is 16.8. The molecule has 0 fully saturated rings. The number of aromatic nitrogens is 5. The molecule has 3 heterocycles. The Morgan fingerprint density at radius 3 is 1.62 bits per heavy atom. The first-order valence-corrected chi connectivity index (χ1v) is 17.1. The van der Waals surface area contributed by atoms with Crippen molar-refractivity contribution < 1.29 is 30.2 Å². The Morgan fingerprint density at radius 1 is 0.375 bits per heavy atom. The second-order valence-corrected chi connectivity index (χ2v) is 12.4. The fraction of sp³-hybridized carbons (Fsp3) is 0. The average molecular weight is 738 g/mol. The smallest absolute Gasteiger partial charge is 0.238 e. The van der Waals surface area contributed by atoms with Crippen molar-refractivity contribution in [3.8, 4) is 56.7 Å². The summed E-state index contributed by atoms with van der Waals surface area (Å²) < 4.78 is 196. The molecule has 0 aliphatic heterocycles. The first-order chi connectivity index (χ1) is 36.9. The van der Waals surface area contributed by atoms with Gasteiger partial charge < -0.3 is 4.57 Å². The van der Waals surface area contributed by atoms with E-state index in [1.807, 2.05) is 0 Å². The van der Waals surface area contributed by atoms with Crippen LogP contribution in [0.1, 0.15) is 30.2 Å². The third-order valence-corrected chi connectivity index (χ3v) is 9.30. The van der Waals surface area contributed by atoms with Crippen LogP contribution in [0, 0.1) is 0 Å². The molecule has 0 spiro atoms. The van der Waals surface area contributed by atoms with Crippen molar-refractivity contribution in [3.05, 3.63) is 200 Å². The number of hydrogen-bond acceptors (Lipinski definition) is 3. The van der Waals surface area contributed by atoms with Crippen molar-refractivity contribution in [1.82, 2.24) is 24.1 Å². The van der Waals surface area contributed by atoms with E-state index in [1.165, 1.54) is 4.57 Å². The maximum absolute atomic E-state index is 9.51. The van der Waals surface area contributed by atoms with Gasteiger partial charge in [-0.2, -0.15) is 9.97 Å². The third-order valence-electron chi connectivity index (χ3n) is 9.30. The zero-order valence-electron chi connectivity index (χ0n) is 50.6. The lowest BCUT2D eigenvalue weighted by Gasteiger charge is -2.15. The summed E-state index contributed by atoms with van der Waals surface area (Å²) in [5.74, 6) is -1.53. The molecule has 0 saturated carbocycles. The minimum absolute atomic E-state index is 0.105. The minimum atomic E-state index is -0.853. The highest BCUT2D eigenvalue weighted by Gasteiger charge is 2.23. The molecule has 11 rings (SSSR count). The summed E-state index contributed by atoms with van der Waals surface area (Å²) in [6, 6.07) is 2.56. The van der Waals surface area contributed by atoms with Gasteiger partial charge in [-0.1, -0.05) is 175 Å². The number of rotatable bonds is 6. The summed E-state index contributed by atoms with van der Waals surface area (Å²) in [6.07, 6.45) is 0. The highest BCUT2D eigenvalue weighted by Crippen LogP contribution is 2.43. The number of benzene rings is 8. The van der Waals surface area contributed by atoms with Gasteiger partial charge >= 0.3 is 0 Å². The summed E-state index contributed by atoms with van der Waals surface area (Å²) in [7, 11) is 0. The number of hydrogen-bond donors (Lipinski definition) is 0. The van der Waals surface area contributed by atoms with Crippen molar-refractivity contribution in [2.45, 2.75) is 0 Å². The highest BCUT2D eigenvalue weighted by molar-refractivity contribution is 6.26. The Labute approximate surface area is 354 Å². The monoisotopic (exact) mass is 737 g/mol. The molecule has 0 atom stereocenters. The van der Waals surface area contributed by atoms with Gasteiger partial charge in [-0.15, -0.1) is 0 Å². The zero-order chi connectivity index (χ0) is 56.1. The Kier molecular flexibility index (Phi) is 3.91. The van der Waals surface area contributed by atoms with Gasteiger partial charge in [-0.05, 0) is 40.9 Å². The molecule has 5 nitrogen and oxygen atoms in total. The highest BCUT2D eigenvalue weighted by atomic mass is 15.2. The van der Waals surface area contributed by atoms with Gasteiger partial charge in [0.1, 0.15) is 0 Å². The number of para-hydroxylation sites is 3. The summed E-state index contributed by atoms with van der Waals surface area (Å²) >= 11 is 0. The molecular formula is C51H33N5. The van der Waals surface area contributed by atoms with Gasteiger partial charge in [0.05, 0.1) is 57.9 Å². The van der Waals surface area contributed by atoms with Gasteiger partial charge in [-0.3, -0.25) is 4.57 Å². The van der Waals surface area contributed by atoms with Gasteiger partial charge in [0.15, 0.2) is 11.6 Å². The fourth-order valence-corrected chi connectivity index (χ4v) is 7.01. The molecule has 56 heavy (non-hydrogen) atoms. The molecule has 3 aromatic heterocycles. The number of fused-ring (bicyclic) bond motifs is 7. The molecule has 5 heteroatoms. The van der Waals surface area contributed by atoms with E-state index in [9.17, 15) is 8.22 Å². The lowest BCUT2D eigenvalue weighted by atomic mass is 10.0. The van der Waals surface area contributed by atoms with Gasteiger partial charge in [-0.25, -0.2) is 4.98 Å². The fourth-order valence-electron chi connectivity index (χ4n) is 7.01. The Morgan fingerprint density at radius 2 is 0.929 bits per heavy atom. The van der Waals surface area contributed by atoms with E-state index in [2.05, 4.69) is 4.98 Å². The van der Waals surface area contributed by atoms with Crippen LogP contribution < -0.4 is 0 Å². The van der Waals surface area contributed by atoms with E-state index in [0.717, 1.165) is 6.07 Å². The molecule has 0 saturated heterocycles. The maximum Gasteiger partial charge on any atom is 0.238 e. The van der Waals surface area contributed by atoms with Crippen molar-refractivity contribution in [3.63, 3.8) is 0 Å². The average Bonchev–Trinajstić information content (AvgIpc) is 3.88. The molecule has 8 aromatic carbocycles. The van der Waals surface area contributed by atoms with Crippen LogP contribution in [0.15, 0.2) is 200 Å². The third kappa shape index (κ3) is 5.13. The van der Waals surface area contributed by atoms with E-state index >= 15 is 0 Å². The molecule has 0 aliphatic rings. The first-order valence-electron chi connectivity index (χ1n) is 28.1. The van der Waals surface area contributed by atoms with Crippen molar-refractivity contribution in [2.75, 3.05) is 0 Å². The Bertz CT molecular complexity index is 4430. The van der Waals surface area contributed by atoms with Crippen LogP contribution in [-0.4, -0.2) is 24.1 Å². The molecule has 0 N–H and O–H groups in total. The number of nitrogens with zero attached hydrogens (tertiary/aromatic N) is 5. The van der Waals surface area contributed by atoms with Crippen LogP contribution in [0.3, 0.4) is 0 Å². The van der Waals surface area contributed by atoms with E-state index in [-0.39, 0.29) is 28.8 Å². The Balaban J connectivity index is 1.29. The van der Waals surface area contributed by atoms with Crippen LogP contribution in [0.25, 0.3) is 100 Å². The second kappa shape index (κ2) is 13.0. The second-order valence-electron chi connectivity index (χ2n) is 12.4. The SMILES string of the molecule is [2H]c1cc([2H])c(-n2c3ccccc3c3ccc4c(c5ccccc5n4-c4nc(-c5c([2H])c([2H])c([2H])c([2H])c5[2H])nc(-c5c([2H])c([2H])c(-c6c([2H])c([2H])c([2H])c([2H])c6[2H])c([2H])c5[2H])n4)c32)c(-c2c([2H])c([2H])c([2H])c([2H])c2[2H])c1[2H]. The normalized spacial score (nSPS) is 17.1. The lowest BCUT2D eigenvalue weighted by Crippen LogP contribution is -2.06. The maximum atomic E-state index is 9.51. The van der Waals surface area contributed by atoms with E-state index < -0.39 is 166 Å².